The standard InChI is InChI=1S/C15H15BrN2O2/c1-20-14-8-11(16)7-13(9-14)18-15(19)10-17-12-5-3-2-4-6-12/h2-9,17H,10H2,1H3,(H,18,19). The highest BCUT2D eigenvalue weighted by Crippen LogP contribution is 2.24. The third-order valence-electron chi connectivity index (χ3n) is 2.62. The van der Waals surface area contributed by atoms with Gasteiger partial charge in [-0.3, -0.25) is 4.79 Å². The number of ether oxygens (including phenoxy) is 1. The first-order valence-electron chi connectivity index (χ1n) is 6.11. The van der Waals surface area contributed by atoms with Gasteiger partial charge < -0.3 is 15.4 Å². The second kappa shape index (κ2) is 6.96. The van der Waals surface area contributed by atoms with Crippen molar-refractivity contribution in [3.63, 3.8) is 0 Å². The molecule has 0 heterocycles. The molecule has 0 aromatic heterocycles. The molecule has 0 aliphatic heterocycles. The van der Waals surface area contributed by atoms with Crippen molar-refractivity contribution in [2.24, 2.45) is 0 Å². The molecule has 0 fully saturated rings. The van der Waals surface area contributed by atoms with E-state index in [4.69, 9.17) is 4.74 Å². The van der Waals surface area contributed by atoms with Crippen LogP contribution in [0.4, 0.5) is 11.4 Å². The lowest BCUT2D eigenvalue weighted by Crippen LogP contribution is -2.21. The molecule has 2 N–H and O–H groups in total. The maximum Gasteiger partial charge on any atom is 0.243 e. The van der Waals surface area contributed by atoms with E-state index in [-0.39, 0.29) is 12.5 Å². The van der Waals surface area contributed by atoms with E-state index >= 15 is 0 Å². The number of hydrogen-bond acceptors (Lipinski definition) is 3. The van der Waals surface area contributed by atoms with Crippen molar-refractivity contribution >= 4 is 33.2 Å². The van der Waals surface area contributed by atoms with E-state index in [1.165, 1.54) is 0 Å². The quantitative estimate of drug-likeness (QED) is 0.879. The Bertz CT molecular complexity index is 588. The Hall–Kier alpha value is -2.01. The fourth-order valence-corrected chi connectivity index (χ4v) is 2.17. The molecule has 4 nitrogen and oxygen atoms in total. The monoisotopic (exact) mass is 334 g/mol. The molecule has 1 amide bonds. The normalized spacial score (nSPS) is 9.90. The molecule has 0 aliphatic rings. The van der Waals surface area contributed by atoms with E-state index in [9.17, 15) is 4.79 Å². The zero-order valence-electron chi connectivity index (χ0n) is 11.0. The number of amides is 1. The summed E-state index contributed by atoms with van der Waals surface area (Å²) in [4.78, 5) is 11.9. The van der Waals surface area contributed by atoms with E-state index in [1.807, 2.05) is 42.5 Å². The van der Waals surface area contributed by atoms with Crippen molar-refractivity contribution < 1.29 is 9.53 Å². The van der Waals surface area contributed by atoms with Gasteiger partial charge in [-0.05, 0) is 24.3 Å². The van der Waals surface area contributed by atoms with Crippen LogP contribution >= 0.6 is 15.9 Å². The van der Waals surface area contributed by atoms with Gasteiger partial charge in [0.05, 0.1) is 13.7 Å². The van der Waals surface area contributed by atoms with Crippen molar-refractivity contribution in [1.29, 1.82) is 0 Å². The SMILES string of the molecule is COc1cc(Br)cc(NC(=O)CNc2ccccc2)c1. The molecule has 0 atom stereocenters. The molecule has 0 spiro atoms. The topological polar surface area (TPSA) is 50.4 Å². The second-order valence-corrected chi connectivity index (χ2v) is 5.06. The van der Waals surface area contributed by atoms with E-state index in [0.717, 1.165) is 10.2 Å². The van der Waals surface area contributed by atoms with E-state index in [1.54, 1.807) is 13.2 Å². The van der Waals surface area contributed by atoms with Crippen LogP contribution in [0.1, 0.15) is 0 Å². The molecule has 20 heavy (non-hydrogen) atoms. The Kier molecular flexibility index (Phi) is 5.01. The van der Waals surface area contributed by atoms with Gasteiger partial charge in [-0.1, -0.05) is 34.1 Å². The summed E-state index contributed by atoms with van der Waals surface area (Å²) in [7, 11) is 1.59. The minimum Gasteiger partial charge on any atom is -0.497 e. The first kappa shape index (κ1) is 14.4. The van der Waals surface area contributed by atoms with Crippen LogP contribution in [-0.4, -0.2) is 19.6 Å². The van der Waals surface area contributed by atoms with Crippen molar-refractivity contribution in [2.45, 2.75) is 0 Å². The highest BCUT2D eigenvalue weighted by Gasteiger charge is 2.04. The van der Waals surface area contributed by atoms with Gasteiger partial charge in [0.15, 0.2) is 0 Å². The van der Waals surface area contributed by atoms with Gasteiger partial charge in [-0.2, -0.15) is 0 Å². The van der Waals surface area contributed by atoms with Crippen molar-refractivity contribution in [2.75, 3.05) is 24.3 Å². The minimum absolute atomic E-state index is 0.117. The Morgan fingerprint density at radius 2 is 1.90 bits per heavy atom. The van der Waals surface area contributed by atoms with Gasteiger partial charge >= 0.3 is 0 Å². The fourth-order valence-electron chi connectivity index (χ4n) is 1.70. The third-order valence-corrected chi connectivity index (χ3v) is 3.08. The van der Waals surface area contributed by atoms with Crippen molar-refractivity contribution in [3.8, 4) is 5.75 Å². The van der Waals surface area contributed by atoms with Gasteiger partial charge in [0.2, 0.25) is 5.91 Å². The number of para-hydroxylation sites is 1. The molecule has 0 saturated heterocycles. The number of hydrogen-bond donors (Lipinski definition) is 2. The second-order valence-electron chi connectivity index (χ2n) is 4.15. The summed E-state index contributed by atoms with van der Waals surface area (Å²) in [6.45, 7) is 0.207. The summed E-state index contributed by atoms with van der Waals surface area (Å²) in [6, 6.07) is 15.0. The molecule has 2 rings (SSSR count). The molecular formula is C15H15BrN2O2. The number of halogens is 1. The lowest BCUT2D eigenvalue weighted by atomic mass is 10.3. The number of methoxy groups -OCH3 is 1. The molecular weight excluding hydrogens is 320 g/mol. The lowest BCUT2D eigenvalue weighted by molar-refractivity contribution is -0.114. The van der Waals surface area contributed by atoms with Crippen LogP contribution in [0.5, 0.6) is 5.75 Å². The highest BCUT2D eigenvalue weighted by molar-refractivity contribution is 9.10. The molecule has 5 heteroatoms. The summed E-state index contributed by atoms with van der Waals surface area (Å²) in [5, 5.41) is 5.87. The van der Waals surface area contributed by atoms with Crippen LogP contribution in [-0.2, 0) is 4.79 Å². The van der Waals surface area contributed by atoms with Crippen molar-refractivity contribution in [1.82, 2.24) is 0 Å². The number of anilines is 2. The van der Waals surface area contributed by atoms with Crippen LogP contribution < -0.4 is 15.4 Å². The number of carbonyl (C=O) groups excluding carboxylic acids is 1. The Morgan fingerprint density at radius 3 is 2.60 bits per heavy atom. The highest BCUT2D eigenvalue weighted by atomic mass is 79.9. The molecule has 0 radical (unpaired) electrons. The Morgan fingerprint density at radius 1 is 1.15 bits per heavy atom. The smallest absolute Gasteiger partial charge is 0.243 e. The number of rotatable bonds is 5. The maximum absolute atomic E-state index is 11.9. The molecule has 0 aliphatic carbocycles. The van der Waals surface area contributed by atoms with Gasteiger partial charge in [-0.15, -0.1) is 0 Å². The summed E-state index contributed by atoms with van der Waals surface area (Å²) >= 11 is 3.37. The van der Waals surface area contributed by atoms with Crippen molar-refractivity contribution in [3.05, 3.63) is 53.0 Å². The largest absolute Gasteiger partial charge is 0.497 e. The minimum atomic E-state index is -0.117. The zero-order valence-corrected chi connectivity index (χ0v) is 12.6. The predicted octanol–water partition coefficient (Wildman–Crippen LogP) is 3.51. The summed E-state index contributed by atoms with van der Waals surface area (Å²) < 4.78 is 6.00. The summed E-state index contributed by atoms with van der Waals surface area (Å²) in [5.74, 6) is 0.569. The van der Waals surface area contributed by atoms with E-state index in [0.29, 0.717) is 11.4 Å². The molecule has 0 unspecified atom stereocenters. The number of carbonyl (C=O) groups is 1. The third kappa shape index (κ3) is 4.28. The summed E-state index contributed by atoms with van der Waals surface area (Å²) in [6.07, 6.45) is 0. The molecule has 2 aromatic carbocycles. The first-order valence-corrected chi connectivity index (χ1v) is 6.90. The van der Waals surface area contributed by atoms with Crippen LogP contribution in [0.15, 0.2) is 53.0 Å². The van der Waals surface area contributed by atoms with Gasteiger partial charge in [0, 0.05) is 21.9 Å². The number of benzene rings is 2. The Labute approximate surface area is 126 Å². The van der Waals surface area contributed by atoms with Crippen LogP contribution in [0, 0.1) is 0 Å². The van der Waals surface area contributed by atoms with Gasteiger partial charge in [0.25, 0.3) is 0 Å². The van der Waals surface area contributed by atoms with Crippen LogP contribution in [0.2, 0.25) is 0 Å². The van der Waals surface area contributed by atoms with Gasteiger partial charge in [0.1, 0.15) is 5.75 Å². The number of nitrogens with one attached hydrogen (secondary N) is 2. The maximum atomic E-state index is 11.9. The first-order chi connectivity index (χ1) is 9.67. The lowest BCUT2D eigenvalue weighted by Gasteiger charge is -2.09. The van der Waals surface area contributed by atoms with Crippen LogP contribution in [0.25, 0.3) is 0 Å². The molecule has 2 aromatic rings. The fraction of sp³-hybridized carbons (Fsp3) is 0.133. The van der Waals surface area contributed by atoms with E-state index < -0.39 is 0 Å². The van der Waals surface area contributed by atoms with E-state index in [2.05, 4.69) is 26.6 Å². The van der Waals surface area contributed by atoms with Crippen LogP contribution in [0.3, 0.4) is 0 Å². The average Bonchev–Trinajstić information content (AvgIpc) is 2.45. The zero-order chi connectivity index (χ0) is 14.4. The average molecular weight is 335 g/mol. The molecule has 0 bridgehead atoms. The molecule has 104 valence electrons. The predicted molar refractivity (Wildman–Crippen MR) is 84.3 cm³/mol. The Balaban J connectivity index is 1.93. The van der Waals surface area contributed by atoms with Gasteiger partial charge in [-0.25, -0.2) is 0 Å². The molecule has 0 saturated carbocycles. The summed E-state index contributed by atoms with van der Waals surface area (Å²) in [5.41, 5.74) is 1.60.